The molecular formula is C23H25O4P. The van der Waals surface area contributed by atoms with E-state index in [0.717, 1.165) is 38.9 Å². The van der Waals surface area contributed by atoms with Gasteiger partial charge in [-0.05, 0) is 36.5 Å². The van der Waals surface area contributed by atoms with E-state index in [1.165, 1.54) is 5.56 Å². The molecule has 3 rings (SSSR count). The number of benzene rings is 3. The van der Waals surface area contributed by atoms with E-state index < -0.39 is 7.92 Å². The number of methoxy groups -OCH3 is 4. The second kappa shape index (κ2) is 8.99. The van der Waals surface area contributed by atoms with E-state index in [1.54, 1.807) is 28.4 Å². The Hall–Kier alpha value is -2.71. The normalized spacial score (nSPS) is 10.6. The van der Waals surface area contributed by atoms with Gasteiger partial charge in [0.1, 0.15) is 23.0 Å². The molecule has 0 amide bonds. The van der Waals surface area contributed by atoms with Gasteiger partial charge in [0, 0.05) is 7.92 Å². The molecule has 28 heavy (non-hydrogen) atoms. The number of hydrogen-bond donors (Lipinski definition) is 0. The van der Waals surface area contributed by atoms with Gasteiger partial charge in [-0.25, -0.2) is 0 Å². The SMILES string of the molecule is COc1cccc(OC)c1P(c1ccc(C)cc1)c1c(OC)cccc1OC. The average molecular weight is 396 g/mol. The first-order valence-corrected chi connectivity index (χ1v) is 10.3. The van der Waals surface area contributed by atoms with Crippen LogP contribution in [0.4, 0.5) is 0 Å². The molecule has 4 nitrogen and oxygen atoms in total. The zero-order valence-corrected chi connectivity index (χ0v) is 17.7. The predicted molar refractivity (Wildman–Crippen MR) is 116 cm³/mol. The van der Waals surface area contributed by atoms with Gasteiger partial charge in [0.25, 0.3) is 0 Å². The molecule has 0 aliphatic heterocycles. The summed E-state index contributed by atoms with van der Waals surface area (Å²) in [6, 6.07) is 20.3. The molecule has 3 aromatic carbocycles. The third-order valence-corrected chi connectivity index (χ3v) is 7.13. The van der Waals surface area contributed by atoms with Crippen LogP contribution in [0.1, 0.15) is 5.56 Å². The fraction of sp³-hybridized carbons (Fsp3) is 0.217. The van der Waals surface area contributed by atoms with Crippen LogP contribution in [0.2, 0.25) is 0 Å². The van der Waals surface area contributed by atoms with E-state index in [9.17, 15) is 0 Å². The Bertz CT molecular complexity index is 838. The lowest BCUT2D eigenvalue weighted by atomic mass is 10.2. The van der Waals surface area contributed by atoms with Crippen LogP contribution in [-0.2, 0) is 0 Å². The van der Waals surface area contributed by atoms with E-state index >= 15 is 0 Å². The predicted octanol–water partition coefficient (Wildman–Crippen LogP) is 3.79. The monoisotopic (exact) mass is 396 g/mol. The Morgan fingerprint density at radius 1 is 0.536 bits per heavy atom. The molecule has 0 N–H and O–H groups in total. The summed E-state index contributed by atoms with van der Waals surface area (Å²) in [5.41, 5.74) is 1.21. The van der Waals surface area contributed by atoms with E-state index in [-0.39, 0.29) is 0 Å². The summed E-state index contributed by atoms with van der Waals surface area (Å²) in [5.74, 6) is 3.11. The van der Waals surface area contributed by atoms with Gasteiger partial charge in [-0.15, -0.1) is 0 Å². The summed E-state index contributed by atoms with van der Waals surface area (Å²) in [6.07, 6.45) is 0. The highest BCUT2D eigenvalue weighted by Crippen LogP contribution is 2.45. The average Bonchev–Trinajstić information content (AvgIpc) is 2.75. The first-order chi connectivity index (χ1) is 13.6. The molecule has 0 heterocycles. The Morgan fingerprint density at radius 2 is 0.893 bits per heavy atom. The van der Waals surface area contributed by atoms with Crippen LogP contribution in [0.15, 0.2) is 60.7 Å². The highest BCUT2D eigenvalue weighted by Gasteiger charge is 2.29. The molecule has 0 bridgehead atoms. The van der Waals surface area contributed by atoms with Gasteiger partial charge in [0.15, 0.2) is 0 Å². The van der Waals surface area contributed by atoms with Crippen molar-refractivity contribution < 1.29 is 18.9 Å². The molecule has 146 valence electrons. The van der Waals surface area contributed by atoms with Crippen molar-refractivity contribution >= 4 is 23.8 Å². The maximum Gasteiger partial charge on any atom is 0.130 e. The smallest absolute Gasteiger partial charge is 0.130 e. The maximum absolute atomic E-state index is 5.74. The molecule has 0 aliphatic carbocycles. The van der Waals surface area contributed by atoms with Gasteiger partial charge in [0.05, 0.1) is 39.0 Å². The summed E-state index contributed by atoms with van der Waals surface area (Å²) >= 11 is 0. The van der Waals surface area contributed by atoms with Crippen molar-refractivity contribution in [2.24, 2.45) is 0 Å². The molecule has 0 unspecified atom stereocenters. The molecule has 0 radical (unpaired) electrons. The van der Waals surface area contributed by atoms with Gasteiger partial charge in [0.2, 0.25) is 0 Å². The highest BCUT2D eigenvalue weighted by atomic mass is 31.1. The summed E-state index contributed by atoms with van der Waals surface area (Å²) in [5, 5.41) is 3.15. The molecular weight excluding hydrogens is 371 g/mol. The zero-order valence-electron chi connectivity index (χ0n) is 16.9. The number of aryl methyl sites for hydroxylation is 1. The van der Waals surface area contributed by atoms with E-state index in [4.69, 9.17) is 18.9 Å². The van der Waals surface area contributed by atoms with Crippen LogP contribution in [0.3, 0.4) is 0 Å². The van der Waals surface area contributed by atoms with E-state index in [2.05, 4.69) is 31.2 Å². The van der Waals surface area contributed by atoms with E-state index in [0.29, 0.717) is 0 Å². The number of ether oxygens (including phenoxy) is 4. The number of hydrogen-bond acceptors (Lipinski definition) is 4. The van der Waals surface area contributed by atoms with Crippen molar-refractivity contribution in [3.8, 4) is 23.0 Å². The molecule has 0 saturated carbocycles. The fourth-order valence-electron chi connectivity index (χ4n) is 3.17. The molecule has 0 aromatic heterocycles. The first-order valence-electron chi connectivity index (χ1n) is 8.93. The van der Waals surface area contributed by atoms with Crippen molar-refractivity contribution in [3.63, 3.8) is 0 Å². The largest absolute Gasteiger partial charge is 0.496 e. The van der Waals surface area contributed by atoms with Gasteiger partial charge in [-0.2, -0.15) is 0 Å². The minimum atomic E-state index is -1.06. The molecule has 0 atom stereocenters. The second-order valence-electron chi connectivity index (χ2n) is 6.19. The van der Waals surface area contributed by atoms with Crippen molar-refractivity contribution in [2.75, 3.05) is 28.4 Å². The van der Waals surface area contributed by atoms with Crippen molar-refractivity contribution in [3.05, 3.63) is 66.2 Å². The molecule has 0 saturated heterocycles. The molecule has 0 fully saturated rings. The van der Waals surface area contributed by atoms with Crippen molar-refractivity contribution in [2.45, 2.75) is 6.92 Å². The molecule has 5 heteroatoms. The Labute approximate surface area is 167 Å². The van der Waals surface area contributed by atoms with Crippen molar-refractivity contribution in [1.29, 1.82) is 0 Å². The van der Waals surface area contributed by atoms with Gasteiger partial charge >= 0.3 is 0 Å². The zero-order chi connectivity index (χ0) is 20.1. The first kappa shape index (κ1) is 20.0. The van der Waals surface area contributed by atoms with E-state index in [1.807, 2.05) is 36.4 Å². The van der Waals surface area contributed by atoms with Gasteiger partial charge in [-0.3, -0.25) is 0 Å². The van der Waals surface area contributed by atoms with Crippen LogP contribution < -0.4 is 34.9 Å². The second-order valence-corrected chi connectivity index (χ2v) is 8.27. The van der Waals surface area contributed by atoms with Gasteiger partial charge in [-0.1, -0.05) is 42.0 Å². The minimum absolute atomic E-state index is 0.777. The Kier molecular flexibility index (Phi) is 6.43. The quantitative estimate of drug-likeness (QED) is 0.570. The molecule has 3 aromatic rings. The summed E-state index contributed by atoms with van der Waals surface area (Å²) < 4.78 is 22.9. The highest BCUT2D eigenvalue weighted by molar-refractivity contribution is 7.80. The third kappa shape index (κ3) is 3.79. The topological polar surface area (TPSA) is 36.9 Å². The Morgan fingerprint density at radius 3 is 1.21 bits per heavy atom. The lowest BCUT2D eigenvalue weighted by Gasteiger charge is -2.26. The van der Waals surface area contributed by atoms with Gasteiger partial charge < -0.3 is 18.9 Å². The lowest BCUT2D eigenvalue weighted by Crippen LogP contribution is -2.25. The number of rotatable bonds is 7. The summed E-state index contributed by atoms with van der Waals surface area (Å²) in [6.45, 7) is 2.08. The van der Waals surface area contributed by atoms with Crippen molar-refractivity contribution in [1.82, 2.24) is 0 Å². The summed E-state index contributed by atoms with van der Waals surface area (Å²) in [4.78, 5) is 0. The van der Waals surface area contributed by atoms with Crippen LogP contribution in [0.5, 0.6) is 23.0 Å². The standard InChI is InChI=1S/C23H25O4P/c1-16-12-14-17(15-13-16)28(22-18(24-2)8-6-9-19(22)25-3)23-20(26-4)10-7-11-21(23)27-5/h6-15H,1-5H3. The lowest BCUT2D eigenvalue weighted by molar-refractivity contribution is 0.399. The summed E-state index contributed by atoms with van der Waals surface area (Å²) in [7, 11) is 5.66. The Balaban J connectivity index is 2.38. The maximum atomic E-state index is 5.74. The van der Waals surface area contributed by atoms with Crippen LogP contribution in [0.25, 0.3) is 0 Å². The van der Waals surface area contributed by atoms with Crippen LogP contribution in [0, 0.1) is 6.92 Å². The minimum Gasteiger partial charge on any atom is -0.496 e. The molecule has 0 spiro atoms. The van der Waals surface area contributed by atoms with Crippen LogP contribution >= 0.6 is 7.92 Å². The third-order valence-electron chi connectivity index (χ3n) is 4.54. The fourth-order valence-corrected chi connectivity index (χ4v) is 5.90. The van der Waals surface area contributed by atoms with Crippen LogP contribution in [-0.4, -0.2) is 28.4 Å². The molecule has 0 aliphatic rings.